The highest BCUT2D eigenvalue weighted by Gasteiger charge is 2.16. The summed E-state index contributed by atoms with van der Waals surface area (Å²) in [7, 11) is 0. The Morgan fingerprint density at radius 3 is 2.83 bits per heavy atom. The van der Waals surface area contributed by atoms with Gasteiger partial charge in [-0.05, 0) is 12.1 Å². The van der Waals surface area contributed by atoms with E-state index in [4.69, 9.17) is 11.6 Å². The summed E-state index contributed by atoms with van der Waals surface area (Å²) < 4.78 is 13.5. The number of amides is 2. The molecule has 0 radical (unpaired) electrons. The average molecular weight is 289 g/mol. The van der Waals surface area contributed by atoms with Gasteiger partial charge < -0.3 is 10.2 Å². The van der Waals surface area contributed by atoms with Crippen LogP contribution < -0.4 is 5.32 Å². The van der Waals surface area contributed by atoms with Gasteiger partial charge in [0.2, 0.25) is 0 Å². The lowest BCUT2D eigenvalue weighted by atomic mass is 10.2. The molecule has 0 aromatic heterocycles. The van der Waals surface area contributed by atoms with Crippen LogP contribution in [-0.4, -0.2) is 35.5 Å². The van der Waals surface area contributed by atoms with Crippen molar-refractivity contribution in [1.29, 1.82) is 0 Å². The van der Waals surface area contributed by atoms with Crippen LogP contribution in [-0.2, 0) is 6.54 Å². The van der Waals surface area contributed by atoms with Crippen molar-refractivity contribution in [3.63, 3.8) is 0 Å². The van der Waals surface area contributed by atoms with Crippen molar-refractivity contribution < 1.29 is 9.18 Å². The first kappa shape index (κ1) is 13.5. The monoisotopic (exact) mass is 288 g/mol. The number of thioether (sulfide) groups is 1. The number of carbonyl (C=O) groups excluding carboxylic acids is 1. The van der Waals surface area contributed by atoms with Crippen LogP contribution in [0.5, 0.6) is 0 Å². The zero-order valence-corrected chi connectivity index (χ0v) is 11.4. The highest BCUT2D eigenvalue weighted by atomic mass is 35.5. The fraction of sp³-hybridized carbons (Fsp3) is 0.417. The molecule has 1 heterocycles. The number of urea groups is 1. The molecule has 1 aromatic rings. The van der Waals surface area contributed by atoms with Crippen LogP contribution in [0.3, 0.4) is 0 Å². The minimum atomic E-state index is -0.392. The largest absolute Gasteiger partial charge is 0.334 e. The zero-order valence-electron chi connectivity index (χ0n) is 9.79. The predicted octanol–water partition coefficient (Wildman–Crippen LogP) is 2.74. The molecule has 6 heteroatoms. The van der Waals surface area contributed by atoms with Gasteiger partial charge in [0, 0.05) is 41.7 Å². The number of hydrogen-bond donors (Lipinski definition) is 1. The van der Waals surface area contributed by atoms with E-state index < -0.39 is 5.82 Å². The molecule has 1 fully saturated rings. The molecule has 1 aliphatic heterocycles. The average Bonchev–Trinajstić information content (AvgIpc) is 2.38. The van der Waals surface area contributed by atoms with Crippen molar-refractivity contribution in [1.82, 2.24) is 10.2 Å². The van der Waals surface area contributed by atoms with Gasteiger partial charge in [0.05, 0.1) is 0 Å². The summed E-state index contributed by atoms with van der Waals surface area (Å²) in [6.07, 6.45) is 0. The molecule has 18 heavy (non-hydrogen) atoms. The number of rotatable bonds is 2. The van der Waals surface area contributed by atoms with Gasteiger partial charge >= 0.3 is 6.03 Å². The Balaban J connectivity index is 1.88. The van der Waals surface area contributed by atoms with Gasteiger partial charge in [-0.1, -0.05) is 17.7 Å². The SMILES string of the molecule is O=C(NCc1ccc(Cl)cc1F)N1CCSCC1. The lowest BCUT2D eigenvalue weighted by Crippen LogP contribution is -2.44. The van der Waals surface area contributed by atoms with Crippen molar-refractivity contribution in [2.24, 2.45) is 0 Å². The van der Waals surface area contributed by atoms with E-state index >= 15 is 0 Å². The summed E-state index contributed by atoms with van der Waals surface area (Å²) in [5.41, 5.74) is 0.444. The van der Waals surface area contributed by atoms with Gasteiger partial charge in [-0.15, -0.1) is 0 Å². The van der Waals surface area contributed by atoms with E-state index in [2.05, 4.69) is 5.32 Å². The topological polar surface area (TPSA) is 32.3 Å². The Labute approximate surface area is 115 Å². The molecule has 0 unspecified atom stereocenters. The maximum atomic E-state index is 13.5. The van der Waals surface area contributed by atoms with Crippen molar-refractivity contribution >= 4 is 29.4 Å². The number of nitrogens with zero attached hydrogens (tertiary/aromatic N) is 1. The number of hydrogen-bond acceptors (Lipinski definition) is 2. The lowest BCUT2D eigenvalue weighted by molar-refractivity contribution is 0.202. The molecule has 1 N–H and O–H groups in total. The molecule has 1 saturated heterocycles. The molecule has 1 aliphatic rings. The highest BCUT2D eigenvalue weighted by Crippen LogP contribution is 2.14. The van der Waals surface area contributed by atoms with Crippen molar-refractivity contribution in [3.8, 4) is 0 Å². The molecule has 0 saturated carbocycles. The molecule has 0 aliphatic carbocycles. The van der Waals surface area contributed by atoms with Gasteiger partial charge in [0.1, 0.15) is 5.82 Å². The second-order valence-corrected chi connectivity index (χ2v) is 5.66. The predicted molar refractivity (Wildman–Crippen MR) is 72.5 cm³/mol. The zero-order chi connectivity index (χ0) is 13.0. The number of nitrogens with one attached hydrogen (secondary N) is 1. The quantitative estimate of drug-likeness (QED) is 0.907. The fourth-order valence-corrected chi connectivity index (χ4v) is 2.78. The molecule has 0 atom stereocenters. The van der Waals surface area contributed by atoms with Crippen LogP contribution >= 0.6 is 23.4 Å². The Hall–Kier alpha value is -0.940. The molecular weight excluding hydrogens is 275 g/mol. The van der Waals surface area contributed by atoms with E-state index in [1.54, 1.807) is 17.0 Å². The minimum Gasteiger partial charge on any atom is -0.334 e. The van der Waals surface area contributed by atoms with Gasteiger partial charge in [-0.3, -0.25) is 0 Å². The summed E-state index contributed by atoms with van der Waals surface area (Å²) in [5.74, 6) is 1.53. The molecular formula is C12H14ClFN2OS. The first-order valence-corrected chi connectivity index (χ1v) is 7.24. The number of halogens is 2. The molecule has 0 bridgehead atoms. The molecule has 2 amide bonds. The van der Waals surface area contributed by atoms with Crippen LogP contribution in [0.2, 0.25) is 5.02 Å². The molecule has 1 aromatic carbocycles. The van der Waals surface area contributed by atoms with Crippen LogP contribution in [0.25, 0.3) is 0 Å². The van der Waals surface area contributed by atoms with Crippen molar-refractivity contribution in [2.75, 3.05) is 24.6 Å². The van der Waals surface area contributed by atoms with Gasteiger partial charge in [0.25, 0.3) is 0 Å². The Kier molecular flexibility index (Phi) is 4.72. The molecule has 2 rings (SSSR count). The third kappa shape index (κ3) is 3.53. The first-order chi connectivity index (χ1) is 8.66. The van der Waals surface area contributed by atoms with Gasteiger partial charge in [-0.2, -0.15) is 11.8 Å². The summed E-state index contributed by atoms with van der Waals surface area (Å²) in [6.45, 7) is 1.69. The van der Waals surface area contributed by atoms with E-state index in [0.29, 0.717) is 10.6 Å². The number of carbonyl (C=O) groups is 1. The van der Waals surface area contributed by atoms with Crippen LogP contribution in [0, 0.1) is 5.82 Å². The standard InChI is InChI=1S/C12H14ClFN2OS/c13-10-2-1-9(11(14)7-10)8-15-12(17)16-3-5-18-6-4-16/h1-2,7H,3-6,8H2,(H,15,17). The van der Waals surface area contributed by atoms with Gasteiger partial charge in [-0.25, -0.2) is 9.18 Å². The summed E-state index contributed by atoms with van der Waals surface area (Å²) in [4.78, 5) is 13.6. The fourth-order valence-electron chi connectivity index (χ4n) is 1.71. The normalized spacial score (nSPS) is 15.6. The maximum absolute atomic E-state index is 13.5. The van der Waals surface area contributed by atoms with Crippen LogP contribution in [0.4, 0.5) is 9.18 Å². The lowest BCUT2D eigenvalue weighted by Gasteiger charge is -2.26. The Bertz CT molecular complexity index is 438. The highest BCUT2D eigenvalue weighted by molar-refractivity contribution is 7.99. The summed E-state index contributed by atoms with van der Waals surface area (Å²) in [6, 6.07) is 4.32. The van der Waals surface area contributed by atoms with Crippen LogP contribution in [0.1, 0.15) is 5.56 Å². The molecule has 3 nitrogen and oxygen atoms in total. The van der Waals surface area contributed by atoms with Crippen molar-refractivity contribution in [3.05, 3.63) is 34.6 Å². The van der Waals surface area contributed by atoms with E-state index in [1.165, 1.54) is 6.07 Å². The van der Waals surface area contributed by atoms with Gasteiger partial charge in [0.15, 0.2) is 0 Å². The smallest absolute Gasteiger partial charge is 0.317 e. The minimum absolute atomic E-state index is 0.135. The Morgan fingerprint density at radius 2 is 2.17 bits per heavy atom. The van der Waals surface area contributed by atoms with Crippen LogP contribution in [0.15, 0.2) is 18.2 Å². The molecule has 98 valence electrons. The van der Waals surface area contributed by atoms with E-state index in [-0.39, 0.29) is 12.6 Å². The Morgan fingerprint density at radius 1 is 1.44 bits per heavy atom. The summed E-state index contributed by atoms with van der Waals surface area (Å²) >= 11 is 7.50. The third-order valence-corrected chi connectivity index (χ3v) is 3.92. The van der Waals surface area contributed by atoms with E-state index in [9.17, 15) is 9.18 Å². The maximum Gasteiger partial charge on any atom is 0.317 e. The van der Waals surface area contributed by atoms with E-state index in [1.807, 2.05) is 11.8 Å². The van der Waals surface area contributed by atoms with Crippen molar-refractivity contribution in [2.45, 2.75) is 6.54 Å². The second-order valence-electron chi connectivity index (χ2n) is 3.99. The first-order valence-electron chi connectivity index (χ1n) is 5.71. The second kappa shape index (κ2) is 6.29. The third-order valence-electron chi connectivity index (χ3n) is 2.74. The van der Waals surface area contributed by atoms with E-state index in [0.717, 1.165) is 24.6 Å². The molecule has 0 spiro atoms. The number of benzene rings is 1. The summed E-state index contributed by atoms with van der Waals surface area (Å²) in [5, 5.41) is 3.08.